The standard InChI is InChI=1S/C6H13ClO2/c1-2-3-9-5-6(8)4-7/h6,8H,2-5H2,1H3. The predicted octanol–water partition coefficient (Wildman–Crippen LogP) is 1.01. The third-order valence-corrected chi connectivity index (χ3v) is 1.19. The molecular formula is C6H13ClO2. The Kier molecular flexibility index (Phi) is 6.48. The van der Waals surface area contributed by atoms with Crippen LogP contribution in [-0.2, 0) is 4.74 Å². The topological polar surface area (TPSA) is 29.5 Å². The molecular weight excluding hydrogens is 140 g/mol. The molecule has 0 aromatic heterocycles. The molecule has 1 unspecified atom stereocenters. The Bertz CT molecular complexity index is 59.0. The first-order valence-corrected chi connectivity index (χ1v) is 3.66. The Morgan fingerprint density at radius 2 is 2.33 bits per heavy atom. The summed E-state index contributed by atoms with van der Waals surface area (Å²) in [6.45, 7) is 3.08. The first-order valence-electron chi connectivity index (χ1n) is 3.13. The largest absolute Gasteiger partial charge is 0.389 e. The lowest BCUT2D eigenvalue weighted by Crippen LogP contribution is -2.16. The minimum atomic E-state index is -0.502. The van der Waals surface area contributed by atoms with Crippen LogP contribution in [0.1, 0.15) is 13.3 Å². The molecule has 56 valence electrons. The Labute approximate surface area is 60.8 Å². The van der Waals surface area contributed by atoms with Gasteiger partial charge in [-0.2, -0.15) is 0 Å². The molecule has 2 nitrogen and oxygen atoms in total. The van der Waals surface area contributed by atoms with Crippen LogP contribution in [-0.4, -0.2) is 30.3 Å². The van der Waals surface area contributed by atoms with E-state index in [1.54, 1.807) is 0 Å². The van der Waals surface area contributed by atoms with Crippen LogP contribution in [0, 0.1) is 0 Å². The lowest BCUT2D eigenvalue weighted by molar-refractivity contribution is 0.0483. The second kappa shape index (κ2) is 6.33. The zero-order valence-corrected chi connectivity index (χ0v) is 6.40. The molecule has 0 amide bonds. The summed E-state index contributed by atoms with van der Waals surface area (Å²) >= 11 is 5.30. The van der Waals surface area contributed by atoms with Gasteiger partial charge in [0.2, 0.25) is 0 Å². The van der Waals surface area contributed by atoms with Crippen LogP contribution in [0.5, 0.6) is 0 Å². The average molecular weight is 153 g/mol. The van der Waals surface area contributed by atoms with E-state index in [2.05, 4.69) is 0 Å². The van der Waals surface area contributed by atoms with Crippen molar-refractivity contribution in [3.8, 4) is 0 Å². The normalized spacial score (nSPS) is 13.7. The highest BCUT2D eigenvalue weighted by molar-refractivity contribution is 6.18. The maximum Gasteiger partial charge on any atom is 0.0908 e. The molecule has 0 aliphatic rings. The fraction of sp³-hybridized carbons (Fsp3) is 1.00. The summed E-state index contributed by atoms with van der Waals surface area (Å²) in [4.78, 5) is 0. The SMILES string of the molecule is CCCOCC(O)CCl. The van der Waals surface area contributed by atoms with Crippen LogP contribution in [0.15, 0.2) is 0 Å². The van der Waals surface area contributed by atoms with Crippen molar-refractivity contribution < 1.29 is 9.84 Å². The molecule has 0 aromatic carbocycles. The van der Waals surface area contributed by atoms with Crippen LogP contribution >= 0.6 is 11.6 Å². The van der Waals surface area contributed by atoms with E-state index >= 15 is 0 Å². The van der Waals surface area contributed by atoms with E-state index in [0.29, 0.717) is 13.2 Å². The highest BCUT2D eigenvalue weighted by atomic mass is 35.5. The number of aliphatic hydroxyl groups is 1. The summed E-state index contributed by atoms with van der Waals surface area (Å²) in [6.07, 6.45) is 0.480. The molecule has 0 aromatic rings. The van der Waals surface area contributed by atoms with Crippen molar-refractivity contribution in [2.45, 2.75) is 19.4 Å². The van der Waals surface area contributed by atoms with Gasteiger partial charge >= 0.3 is 0 Å². The van der Waals surface area contributed by atoms with Gasteiger partial charge in [-0.25, -0.2) is 0 Å². The third-order valence-electron chi connectivity index (χ3n) is 0.837. The summed E-state index contributed by atoms with van der Waals surface area (Å²) in [6, 6.07) is 0. The van der Waals surface area contributed by atoms with Gasteiger partial charge in [0.1, 0.15) is 0 Å². The van der Waals surface area contributed by atoms with Crippen LogP contribution < -0.4 is 0 Å². The Hall–Kier alpha value is 0.210. The van der Waals surface area contributed by atoms with Gasteiger partial charge in [-0.3, -0.25) is 0 Å². The van der Waals surface area contributed by atoms with Crippen molar-refractivity contribution in [1.29, 1.82) is 0 Å². The van der Waals surface area contributed by atoms with Gasteiger partial charge in [0, 0.05) is 6.61 Å². The van der Waals surface area contributed by atoms with Gasteiger partial charge < -0.3 is 9.84 Å². The summed E-state index contributed by atoms with van der Waals surface area (Å²) in [5.41, 5.74) is 0. The van der Waals surface area contributed by atoms with Gasteiger partial charge in [-0.05, 0) is 6.42 Å². The average Bonchev–Trinajstić information content (AvgIpc) is 1.89. The first-order chi connectivity index (χ1) is 4.31. The maximum atomic E-state index is 8.83. The minimum Gasteiger partial charge on any atom is -0.389 e. The number of alkyl halides is 1. The van der Waals surface area contributed by atoms with E-state index < -0.39 is 6.10 Å². The van der Waals surface area contributed by atoms with Crippen molar-refractivity contribution in [3.63, 3.8) is 0 Å². The van der Waals surface area contributed by atoms with Gasteiger partial charge in [-0.15, -0.1) is 11.6 Å². The van der Waals surface area contributed by atoms with Crippen molar-refractivity contribution in [3.05, 3.63) is 0 Å². The number of aliphatic hydroxyl groups excluding tert-OH is 1. The molecule has 0 aliphatic carbocycles. The number of hydrogen-bond acceptors (Lipinski definition) is 2. The summed E-state index contributed by atoms with van der Waals surface area (Å²) in [5.74, 6) is 0.254. The van der Waals surface area contributed by atoms with E-state index in [1.165, 1.54) is 0 Å². The van der Waals surface area contributed by atoms with Crippen molar-refractivity contribution in [2.75, 3.05) is 19.1 Å². The van der Waals surface area contributed by atoms with Gasteiger partial charge in [0.05, 0.1) is 18.6 Å². The highest BCUT2D eigenvalue weighted by Crippen LogP contribution is 1.89. The molecule has 0 radical (unpaired) electrons. The van der Waals surface area contributed by atoms with E-state index in [0.717, 1.165) is 6.42 Å². The molecule has 9 heavy (non-hydrogen) atoms. The molecule has 3 heteroatoms. The van der Waals surface area contributed by atoms with Gasteiger partial charge in [0.25, 0.3) is 0 Å². The third kappa shape index (κ3) is 6.09. The van der Waals surface area contributed by atoms with Crippen molar-refractivity contribution in [2.24, 2.45) is 0 Å². The summed E-state index contributed by atoms with van der Waals surface area (Å²) < 4.78 is 5.00. The van der Waals surface area contributed by atoms with Crippen molar-refractivity contribution >= 4 is 11.6 Å². The van der Waals surface area contributed by atoms with Gasteiger partial charge in [0.15, 0.2) is 0 Å². The number of hydrogen-bond donors (Lipinski definition) is 1. The monoisotopic (exact) mass is 152 g/mol. The lowest BCUT2D eigenvalue weighted by atomic mass is 10.4. The second-order valence-electron chi connectivity index (χ2n) is 1.88. The Balaban J connectivity index is 2.88. The van der Waals surface area contributed by atoms with E-state index in [1.807, 2.05) is 6.92 Å². The molecule has 0 saturated carbocycles. The number of rotatable bonds is 5. The second-order valence-corrected chi connectivity index (χ2v) is 2.19. The van der Waals surface area contributed by atoms with Crippen LogP contribution in [0.25, 0.3) is 0 Å². The Morgan fingerprint density at radius 1 is 1.67 bits per heavy atom. The number of ether oxygens (including phenoxy) is 1. The van der Waals surface area contributed by atoms with Gasteiger partial charge in [-0.1, -0.05) is 6.92 Å². The molecule has 0 heterocycles. The van der Waals surface area contributed by atoms with Crippen LogP contribution in [0.3, 0.4) is 0 Å². The van der Waals surface area contributed by atoms with Crippen molar-refractivity contribution in [1.82, 2.24) is 0 Å². The summed E-state index contributed by atoms with van der Waals surface area (Å²) in [7, 11) is 0. The smallest absolute Gasteiger partial charge is 0.0908 e. The molecule has 0 fully saturated rings. The fourth-order valence-electron chi connectivity index (χ4n) is 0.408. The molecule has 0 saturated heterocycles. The molecule has 0 bridgehead atoms. The minimum absolute atomic E-state index is 0.254. The summed E-state index contributed by atoms with van der Waals surface area (Å²) in [5, 5.41) is 8.83. The van der Waals surface area contributed by atoms with Crippen LogP contribution in [0.4, 0.5) is 0 Å². The maximum absolute atomic E-state index is 8.83. The van der Waals surface area contributed by atoms with Crippen LogP contribution in [0.2, 0.25) is 0 Å². The quantitative estimate of drug-likeness (QED) is 0.471. The van der Waals surface area contributed by atoms with E-state index in [9.17, 15) is 0 Å². The zero-order chi connectivity index (χ0) is 7.11. The molecule has 1 atom stereocenters. The van der Waals surface area contributed by atoms with E-state index in [-0.39, 0.29) is 5.88 Å². The Morgan fingerprint density at radius 3 is 2.78 bits per heavy atom. The van der Waals surface area contributed by atoms with E-state index in [4.69, 9.17) is 21.4 Å². The predicted molar refractivity (Wildman–Crippen MR) is 37.8 cm³/mol. The fourth-order valence-corrected chi connectivity index (χ4v) is 0.497. The highest BCUT2D eigenvalue weighted by Gasteiger charge is 1.99. The number of halogens is 1. The molecule has 0 spiro atoms. The first kappa shape index (κ1) is 9.21. The molecule has 1 N–H and O–H groups in total. The zero-order valence-electron chi connectivity index (χ0n) is 5.64. The molecule has 0 rings (SSSR count). The molecule has 0 aliphatic heterocycles. The lowest BCUT2D eigenvalue weighted by Gasteiger charge is -2.05.